The van der Waals surface area contributed by atoms with E-state index < -0.39 is 0 Å². The number of hydrogen-bond donors (Lipinski definition) is 3. The Morgan fingerprint density at radius 2 is 2.14 bits per heavy atom. The van der Waals surface area contributed by atoms with Crippen LogP contribution in [0.5, 0.6) is 11.5 Å². The van der Waals surface area contributed by atoms with Crippen LogP contribution in [0.1, 0.15) is 22.9 Å². The molecule has 0 aliphatic carbocycles. The first-order valence-corrected chi connectivity index (χ1v) is 7.57. The molecular formula is C18H19N2O2+. The molecule has 1 aliphatic rings. The summed E-state index contributed by atoms with van der Waals surface area (Å²) in [7, 11) is 1.70. The second kappa shape index (κ2) is 5.07. The number of phenols is 1. The lowest BCUT2D eigenvalue weighted by atomic mass is 9.94. The highest BCUT2D eigenvalue weighted by Crippen LogP contribution is 2.33. The molecule has 4 nitrogen and oxygen atoms in total. The van der Waals surface area contributed by atoms with E-state index in [2.05, 4.69) is 28.5 Å². The summed E-state index contributed by atoms with van der Waals surface area (Å²) in [5, 5.41) is 13.3. The second-order valence-corrected chi connectivity index (χ2v) is 5.78. The monoisotopic (exact) mass is 295 g/mol. The van der Waals surface area contributed by atoms with Crippen molar-refractivity contribution in [1.29, 1.82) is 0 Å². The Morgan fingerprint density at radius 1 is 1.23 bits per heavy atom. The number of rotatable bonds is 2. The topological polar surface area (TPSA) is 61.9 Å². The molecule has 1 atom stereocenters. The van der Waals surface area contributed by atoms with E-state index in [4.69, 9.17) is 4.74 Å². The maximum Gasteiger partial charge on any atom is 0.153 e. The molecule has 0 saturated heterocycles. The Bertz CT molecular complexity index is 838. The van der Waals surface area contributed by atoms with Crippen molar-refractivity contribution in [2.45, 2.75) is 12.5 Å². The molecule has 3 aromatic rings. The minimum absolute atomic E-state index is 0.203. The maximum absolute atomic E-state index is 9.76. The van der Waals surface area contributed by atoms with Gasteiger partial charge in [0, 0.05) is 22.9 Å². The van der Waals surface area contributed by atoms with Gasteiger partial charge < -0.3 is 20.1 Å². The van der Waals surface area contributed by atoms with Crippen molar-refractivity contribution in [3.8, 4) is 11.5 Å². The summed E-state index contributed by atoms with van der Waals surface area (Å²) in [6.45, 7) is 1.04. The van der Waals surface area contributed by atoms with Crippen molar-refractivity contribution >= 4 is 10.9 Å². The number of nitrogens with two attached hydrogens (primary N) is 1. The Kier molecular flexibility index (Phi) is 3.05. The van der Waals surface area contributed by atoms with Crippen molar-refractivity contribution in [1.82, 2.24) is 4.98 Å². The Morgan fingerprint density at radius 3 is 2.95 bits per heavy atom. The van der Waals surface area contributed by atoms with Crippen LogP contribution in [0.2, 0.25) is 0 Å². The van der Waals surface area contributed by atoms with Crippen molar-refractivity contribution in [3.63, 3.8) is 0 Å². The maximum atomic E-state index is 9.76. The molecule has 0 unspecified atom stereocenters. The molecular weight excluding hydrogens is 276 g/mol. The summed E-state index contributed by atoms with van der Waals surface area (Å²) in [6, 6.07) is 13.9. The molecule has 0 saturated carbocycles. The number of hydrogen-bond acceptors (Lipinski definition) is 2. The van der Waals surface area contributed by atoms with Crippen LogP contribution in [0.25, 0.3) is 10.9 Å². The number of aromatic nitrogens is 1. The van der Waals surface area contributed by atoms with E-state index in [9.17, 15) is 5.11 Å². The van der Waals surface area contributed by atoms with Crippen LogP contribution in [-0.2, 0) is 6.42 Å². The number of fused-ring (bicyclic) bond motifs is 3. The van der Waals surface area contributed by atoms with Crippen LogP contribution in [0.15, 0.2) is 42.5 Å². The molecule has 2 heterocycles. The molecule has 4 heteroatoms. The molecule has 22 heavy (non-hydrogen) atoms. The fraction of sp³-hybridized carbons (Fsp3) is 0.222. The first kappa shape index (κ1) is 13.2. The van der Waals surface area contributed by atoms with Crippen LogP contribution in [-0.4, -0.2) is 23.7 Å². The molecule has 0 fully saturated rings. The largest absolute Gasteiger partial charge is 0.508 e. The number of methoxy groups -OCH3 is 1. The summed E-state index contributed by atoms with van der Waals surface area (Å²) in [6.07, 6.45) is 1.04. The second-order valence-electron chi connectivity index (χ2n) is 5.78. The average Bonchev–Trinajstić information content (AvgIpc) is 2.92. The third-order valence-electron chi connectivity index (χ3n) is 4.48. The third-order valence-corrected chi connectivity index (χ3v) is 4.48. The first-order valence-electron chi connectivity index (χ1n) is 7.57. The lowest BCUT2D eigenvalue weighted by Crippen LogP contribution is -2.87. The summed E-state index contributed by atoms with van der Waals surface area (Å²) >= 11 is 0. The highest BCUT2D eigenvalue weighted by atomic mass is 16.5. The van der Waals surface area contributed by atoms with Crippen molar-refractivity contribution < 1.29 is 15.2 Å². The van der Waals surface area contributed by atoms with Gasteiger partial charge in [-0.05, 0) is 35.9 Å². The number of H-pyrrole nitrogens is 1. The van der Waals surface area contributed by atoms with Gasteiger partial charge in [-0.2, -0.15) is 0 Å². The van der Waals surface area contributed by atoms with Crippen molar-refractivity contribution in [2.24, 2.45) is 0 Å². The molecule has 0 bridgehead atoms. The number of benzene rings is 2. The molecule has 0 radical (unpaired) electrons. The van der Waals surface area contributed by atoms with Crippen molar-refractivity contribution in [2.75, 3.05) is 13.7 Å². The first-order chi connectivity index (χ1) is 10.8. The van der Waals surface area contributed by atoms with Crippen molar-refractivity contribution in [3.05, 3.63) is 59.3 Å². The van der Waals surface area contributed by atoms with E-state index in [1.165, 1.54) is 16.6 Å². The molecule has 1 aromatic heterocycles. The number of nitrogens with one attached hydrogen (secondary N) is 1. The van der Waals surface area contributed by atoms with Gasteiger partial charge >= 0.3 is 0 Å². The average molecular weight is 295 g/mol. The van der Waals surface area contributed by atoms with Crippen LogP contribution in [0, 0.1) is 0 Å². The Balaban J connectivity index is 1.87. The van der Waals surface area contributed by atoms with Gasteiger partial charge in [0.05, 0.1) is 19.3 Å². The van der Waals surface area contributed by atoms with Gasteiger partial charge in [0.2, 0.25) is 0 Å². The normalized spacial score (nSPS) is 17.4. The van der Waals surface area contributed by atoms with Gasteiger partial charge in [0.15, 0.2) is 6.04 Å². The van der Waals surface area contributed by atoms with Crippen LogP contribution >= 0.6 is 0 Å². The van der Waals surface area contributed by atoms with Gasteiger partial charge in [-0.25, -0.2) is 0 Å². The van der Waals surface area contributed by atoms with E-state index in [0.717, 1.165) is 29.8 Å². The summed E-state index contributed by atoms with van der Waals surface area (Å²) in [4.78, 5) is 3.57. The van der Waals surface area contributed by atoms with Crippen LogP contribution < -0.4 is 10.1 Å². The van der Waals surface area contributed by atoms with Crippen LogP contribution in [0.3, 0.4) is 0 Å². The Hall–Kier alpha value is -2.46. The molecule has 1 aliphatic heterocycles. The number of aromatic hydroxyl groups is 1. The Labute approximate surface area is 128 Å². The summed E-state index contributed by atoms with van der Waals surface area (Å²) in [5.41, 5.74) is 4.87. The predicted octanol–water partition coefficient (Wildman–Crippen LogP) is 2.09. The van der Waals surface area contributed by atoms with E-state index in [0.29, 0.717) is 5.75 Å². The minimum Gasteiger partial charge on any atom is -0.508 e. The van der Waals surface area contributed by atoms with E-state index in [-0.39, 0.29) is 6.04 Å². The lowest BCUT2D eigenvalue weighted by molar-refractivity contribution is -0.690. The fourth-order valence-electron chi connectivity index (χ4n) is 3.44. The quantitative estimate of drug-likeness (QED) is 0.678. The molecule has 2 aromatic carbocycles. The van der Waals surface area contributed by atoms with Crippen LogP contribution in [0.4, 0.5) is 0 Å². The van der Waals surface area contributed by atoms with E-state index >= 15 is 0 Å². The zero-order chi connectivity index (χ0) is 15.1. The predicted molar refractivity (Wildman–Crippen MR) is 85.3 cm³/mol. The van der Waals surface area contributed by atoms with E-state index in [1.54, 1.807) is 13.2 Å². The molecule has 4 N–H and O–H groups in total. The summed E-state index contributed by atoms with van der Waals surface area (Å²) < 4.78 is 5.36. The zero-order valence-corrected chi connectivity index (χ0v) is 12.5. The molecule has 0 amide bonds. The third kappa shape index (κ3) is 2.04. The smallest absolute Gasteiger partial charge is 0.153 e. The zero-order valence-electron chi connectivity index (χ0n) is 12.5. The van der Waals surface area contributed by atoms with Gasteiger partial charge in [0.1, 0.15) is 11.5 Å². The minimum atomic E-state index is 0.203. The molecule has 4 rings (SSSR count). The van der Waals surface area contributed by atoms with Gasteiger partial charge in [-0.1, -0.05) is 12.1 Å². The van der Waals surface area contributed by atoms with Gasteiger partial charge in [-0.15, -0.1) is 0 Å². The number of quaternary nitrogens is 1. The fourth-order valence-corrected chi connectivity index (χ4v) is 3.44. The highest BCUT2D eigenvalue weighted by Gasteiger charge is 2.28. The van der Waals surface area contributed by atoms with Gasteiger partial charge in [-0.3, -0.25) is 0 Å². The van der Waals surface area contributed by atoms with Gasteiger partial charge in [0.25, 0.3) is 0 Å². The molecule has 112 valence electrons. The number of aromatic amines is 1. The number of ether oxygens (including phenoxy) is 1. The highest BCUT2D eigenvalue weighted by molar-refractivity contribution is 5.86. The molecule has 0 spiro atoms. The summed E-state index contributed by atoms with van der Waals surface area (Å²) in [5.74, 6) is 1.20. The van der Waals surface area contributed by atoms with E-state index in [1.807, 2.05) is 18.2 Å². The SMILES string of the molecule is COc1ccc2[nH]c3c(c2c1)CC[NH2+][C@H]3c1cccc(O)c1. The standard InChI is InChI=1S/C18H18N2O2/c1-22-13-5-6-16-15(10-13)14-7-8-19-17(18(14)20-16)11-3-2-4-12(21)9-11/h2-6,9-10,17,19-21H,7-8H2,1H3/p+1/t17-/m0/s1. The lowest BCUT2D eigenvalue weighted by Gasteiger charge is -2.21. The number of phenolic OH excluding ortho intramolecular Hbond substituents is 1.